The van der Waals surface area contributed by atoms with E-state index in [1.54, 1.807) is 6.07 Å². The largest absolute Gasteiger partial charge is 0.477 e. The van der Waals surface area contributed by atoms with Gasteiger partial charge in [-0.15, -0.1) is 0 Å². The molecule has 3 rings (SSSR count). The van der Waals surface area contributed by atoms with Gasteiger partial charge in [-0.05, 0) is 31.2 Å². The lowest BCUT2D eigenvalue weighted by atomic mass is 9.99. The van der Waals surface area contributed by atoms with Gasteiger partial charge in [0, 0.05) is 34.1 Å². The van der Waals surface area contributed by atoms with Crippen molar-refractivity contribution in [3.05, 3.63) is 99.5 Å². The average molecular weight is 446 g/mol. The molecule has 0 fully saturated rings. The van der Waals surface area contributed by atoms with Crippen LogP contribution in [-0.4, -0.2) is 26.8 Å². The number of rotatable bonds is 6. The predicted octanol–water partition coefficient (Wildman–Crippen LogP) is 5.17. The summed E-state index contributed by atoms with van der Waals surface area (Å²) in [6.07, 6.45) is -2.09. The standard InChI is InChI=1S/C23H18F4N2O3/c1-3-15(23(25,26)27)11-17-13(2)29(12-14-7-4-5-9-18(14)24)20(22(31)32)19(17)16-8-6-10-28-21(16)30/h3-11H,1,12H2,2H3,(H,28,30)(H,31,32)/b15-11+. The van der Waals surface area contributed by atoms with Gasteiger partial charge in [0.1, 0.15) is 11.5 Å². The third-order valence-electron chi connectivity index (χ3n) is 4.99. The van der Waals surface area contributed by atoms with Gasteiger partial charge in [0.25, 0.3) is 5.56 Å². The number of alkyl halides is 3. The summed E-state index contributed by atoms with van der Waals surface area (Å²) in [5.41, 5.74) is -2.42. The van der Waals surface area contributed by atoms with Gasteiger partial charge in [-0.25, -0.2) is 9.18 Å². The van der Waals surface area contributed by atoms with Crippen LogP contribution in [0.15, 0.2) is 65.6 Å². The Morgan fingerprint density at radius 3 is 2.47 bits per heavy atom. The number of aromatic carboxylic acids is 1. The fraction of sp³-hybridized carbons (Fsp3) is 0.130. The summed E-state index contributed by atoms with van der Waals surface area (Å²) < 4.78 is 55.8. The van der Waals surface area contributed by atoms with Gasteiger partial charge < -0.3 is 14.7 Å². The van der Waals surface area contributed by atoms with Crippen molar-refractivity contribution in [2.24, 2.45) is 0 Å². The van der Waals surface area contributed by atoms with Gasteiger partial charge in [-0.2, -0.15) is 13.2 Å². The van der Waals surface area contributed by atoms with Crippen LogP contribution in [0, 0.1) is 12.7 Å². The number of H-pyrrole nitrogens is 1. The van der Waals surface area contributed by atoms with Crippen LogP contribution in [0.5, 0.6) is 0 Å². The van der Waals surface area contributed by atoms with E-state index in [2.05, 4.69) is 11.6 Å². The van der Waals surface area contributed by atoms with Crippen LogP contribution in [0.1, 0.15) is 27.3 Å². The van der Waals surface area contributed by atoms with E-state index in [1.807, 2.05) is 0 Å². The van der Waals surface area contributed by atoms with Crippen LogP contribution >= 0.6 is 0 Å². The molecule has 0 bridgehead atoms. The molecule has 0 aliphatic rings. The number of hydrogen-bond donors (Lipinski definition) is 2. The number of aromatic nitrogens is 2. The summed E-state index contributed by atoms with van der Waals surface area (Å²) in [6.45, 7) is 4.34. The van der Waals surface area contributed by atoms with Crippen molar-refractivity contribution >= 4 is 12.0 Å². The second kappa shape index (κ2) is 8.70. The van der Waals surface area contributed by atoms with E-state index < -0.39 is 34.8 Å². The van der Waals surface area contributed by atoms with Crippen LogP contribution in [0.4, 0.5) is 17.6 Å². The highest BCUT2D eigenvalue weighted by molar-refractivity contribution is 5.98. The van der Waals surface area contributed by atoms with E-state index in [0.717, 1.165) is 6.08 Å². The Morgan fingerprint density at radius 2 is 1.91 bits per heavy atom. The molecule has 0 saturated heterocycles. The first kappa shape index (κ1) is 22.8. The Morgan fingerprint density at radius 1 is 1.22 bits per heavy atom. The van der Waals surface area contributed by atoms with Crippen molar-refractivity contribution in [3.8, 4) is 11.1 Å². The number of carboxylic acid groups (broad SMARTS) is 1. The lowest BCUT2D eigenvalue weighted by Gasteiger charge is -2.11. The molecule has 0 spiro atoms. The SMILES string of the molecule is C=C/C(=C\c1c(-c2ccc[nH]c2=O)c(C(=O)O)n(Cc2ccccc2F)c1C)C(F)(F)F. The molecule has 0 atom stereocenters. The van der Waals surface area contributed by atoms with Gasteiger partial charge in [-0.1, -0.05) is 30.9 Å². The molecule has 3 aromatic rings. The van der Waals surface area contributed by atoms with E-state index in [0.29, 0.717) is 6.08 Å². The molecule has 0 unspecified atom stereocenters. The minimum atomic E-state index is -4.76. The number of pyridine rings is 1. The fourth-order valence-electron chi connectivity index (χ4n) is 3.45. The maximum Gasteiger partial charge on any atom is 0.416 e. The molecular formula is C23H18F4N2O3. The van der Waals surface area contributed by atoms with Gasteiger partial charge in [0.05, 0.1) is 12.1 Å². The van der Waals surface area contributed by atoms with Gasteiger partial charge >= 0.3 is 12.1 Å². The molecule has 0 aliphatic carbocycles. The minimum absolute atomic E-state index is 0.118. The topological polar surface area (TPSA) is 75.1 Å². The maximum absolute atomic E-state index is 14.3. The number of carbonyl (C=O) groups is 1. The van der Waals surface area contributed by atoms with Gasteiger partial charge in [-0.3, -0.25) is 4.79 Å². The van der Waals surface area contributed by atoms with Crippen LogP contribution in [-0.2, 0) is 6.54 Å². The Hall–Kier alpha value is -3.88. The highest BCUT2D eigenvalue weighted by Gasteiger charge is 2.33. The van der Waals surface area contributed by atoms with Gasteiger partial charge in [0.15, 0.2) is 0 Å². The Bertz CT molecular complexity index is 1280. The van der Waals surface area contributed by atoms with Crippen molar-refractivity contribution in [2.75, 3.05) is 0 Å². The monoisotopic (exact) mass is 446 g/mol. The Labute approximate surface area is 180 Å². The Kier molecular flexibility index (Phi) is 6.20. The highest BCUT2D eigenvalue weighted by Crippen LogP contribution is 2.36. The third-order valence-corrected chi connectivity index (χ3v) is 4.99. The second-order valence-corrected chi connectivity index (χ2v) is 6.92. The predicted molar refractivity (Wildman–Crippen MR) is 112 cm³/mol. The smallest absolute Gasteiger partial charge is 0.416 e. The van der Waals surface area contributed by atoms with E-state index in [9.17, 15) is 32.3 Å². The molecule has 1 aromatic carbocycles. The third kappa shape index (κ3) is 4.27. The van der Waals surface area contributed by atoms with Crippen LogP contribution in [0.25, 0.3) is 17.2 Å². The highest BCUT2D eigenvalue weighted by atomic mass is 19.4. The van der Waals surface area contributed by atoms with Crippen molar-refractivity contribution in [3.63, 3.8) is 0 Å². The van der Waals surface area contributed by atoms with Crippen LogP contribution in [0.3, 0.4) is 0 Å². The van der Waals surface area contributed by atoms with Crippen molar-refractivity contribution in [2.45, 2.75) is 19.6 Å². The second-order valence-electron chi connectivity index (χ2n) is 6.92. The fourth-order valence-corrected chi connectivity index (χ4v) is 3.45. The molecule has 2 N–H and O–H groups in total. The lowest BCUT2D eigenvalue weighted by Crippen LogP contribution is -2.14. The number of allylic oxidation sites excluding steroid dienone is 2. The number of carboxylic acids is 1. The summed E-state index contributed by atoms with van der Waals surface area (Å²) in [5.74, 6) is -2.08. The zero-order chi connectivity index (χ0) is 23.6. The number of benzene rings is 1. The van der Waals surface area contributed by atoms with Crippen molar-refractivity contribution in [1.82, 2.24) is 9.55 Å². The molecule has 2 aromatic heterocycles. The van der Waals surface area contributed by atoms with Crippen molar-refractivity contribution < 1.29 is 27.5 Å². The minimum Gasteiger partial charge on any atom is -0.477 e. The number of nitrogens with one attached hydrogen (secondary N) is 1. The molecule has 9 heteroatoms. The summed E-state index contributed by atoms with van der Waals surface area (Å²) in [6, 6.07) is 8.39. The zero-order valence-electron chi connectivity index (χ0n) is 16.8. The molecule has 2 heterocycles. The number of hydrogen-bond acceptors (Lipinski definition) is 2. The first-order chi connectivity index (χ1) is 15.1. The summed E-state index contributed by atoms with van der Waals surface area (Å²) in [7, 11) is 0. The van der Waals surface area contributed by atoms with E-state index in [-0.39, 0.29) is 34.5 Å². The normalized spacial score (nSPS) is 12.1. The summed E-state index contributed by atoms with van der Waals surface area (Å²) in [5, 5.41) is 9.95. The van der Waals surface area contributed by atoms with E-state index in [1.165, 1.54) is 48.0 Å². The first-order valence-electron chi connectivity index (χ1n) is 9.35. The molecule has 0 amide bonds. The van der Waals surface area contributed by atoms with E-state index >= 15 is 0 Å². The van der Waals surface area contributed by atoms with E-state index in [4.69, 9.17) is 0 Å². The Balaban J connectivity index is 2.42. The molecule has 0 aliphatic heterocycles. The summed E-state index contributed by atoms with van der Waals surface area (Å²) in [4.78, 5) is 27.1. The molecule has 166 valence electrons. The van der Waals surface area contributed by atoms with Crippen molar-refractivity contribution in [1.29, 1.82) is 0 Å². The quantitative estimate of drug-likeness (QED) is 0.405. The molecule has 5 nitrogen and oxygen atoms in total. The lowest BCUT2D eigenvalue weighted by molar-refractivity contribution is -0.0872. The number of aromatic amines is 1. The number of halogens is 4. The average Bonchev–Trinajstić information content (AvgIpc) is 2.99. The maximum atomic E-state index is 14.3. The van der Waals surface area contributed by atoms with Gasteiger partial charge in [0.2, 0.25) is 0 Å². The molecule has 0 radical (unpaired) electrons. The number of nitrogens with zero attached hydrogens (tertiary/aromatic N) is 1. The zero-order valence-corrected chi connectivity index (χ0v) is 16.8. The summed E-state index contributed by atoms with van der Waals surface area (Å²) >= 11 is 0. The van der Waals surface area contributed by atoms with Crippen LogP contribution in [0.2, 0.25) is 0 Å². The molecular weight excluding hydrogens is 428 g/mol. The molecule has 0 saturated carbocycles. The molecule has 32 heavy (non-hydrogen) atoms. The van der Waals surface area contributed by atoms with Crippen LogP contribution < -0.4 is 5.56 Å². The first-order valence-corrected chi connectivity index (χ1v) is 9.35.